The van der Waals surface area contributed by atoms with Crippen LogP contribution in [0.4, 0.5) is 0 Å². The van der Waals surface area contributed by atoms with Gasteiger partial charge >= 0.3 is 0 Å². The van der Waals surface area contributed by atoms with Gasteiger partial charge in [-0.05, 0) is 193 Å². The molecule has 0 saturated carbocycles. The van der Waals surface area contributed by atoms with Crippen LogP contribution in [0.2, 0.25) is 0 Å². The lowest BCUT2D eigenvalue weighted by Gasteiger charge is -2.18. The first kappa shape index (κ1) is 87.9. The Kier molecular flexibility index (Phi) is 46.9. The maximum atomic E-state index is 12.1. The zero-order valence-electron chi connectivity index (χ0n) is 58.3. The molecule has 0 unspecified atom stereocenters. The van der Waals surface area contributed by atoms with E-state index in [2.05, 4.69) is 220 Å². The second-order valence-corrected chi connectivity index (χ2v) is 22.8. The fourth-order valence-electron chi connectivity index (χ4n) is 8.80. The molecule has 0 amide bonds. The number of Topliss-reactive ketones (excluding diaryl/α,β-unsaturated/α-hetero) is 8. The summed E-state index contributed by atoms with van der Waals surface area (Å²) < 4.78 is 0. The molecule has 8 nitrogen and oxygen atoms in total. The van der Waals surface area contributed by atoms with Crippen LogP contribution in [0.15, 0.2) is 255 Å². The lowest BCUT2D eigenvalue weighted by molar-refractivity contribution is -0.115. The predicted molar refractivity (Wildman–Crippen MR) is 411 cm³/mol. The van der Waals surface area contributed by atoms with Gasteiger partial charge < -0.3 is 28.8 Å². The van der Waals surface area contributed by atoms with Crippen LogP contribution in [0, 0.1) is 0 Å². The monoisotopic (exact) mass is 1290 g/mol. The molecule has 11 aromatic rings. The summed E-state index contributed by atoms with van der Waals surface area (Å²) in [5.41, 5.74) is 10.1. The van der Waals surface area contributed by atoms with Crippen LogP contribution in [0.3, 0.4) is 0 Å². The summed E-state index contributed by atoms with van der Waals surface area (Å²) in [4.78, 5) is 80.8. The van der Waals surface area contributed by atoms with Gasteiger partial charge in [0.25, 0.3) is 0 Å². The van der Waals surface area contributed by atoms with Crippen molar-refractivity contribution in [3.8, 4) is 0 Å². The van der Waals surface area contributed by atoms with Crippen LogP contribution in [-0.4, -0.2) is 46.3 Å². The van der Waals surface area contributed by atoms with E-state index in [4.69, 9.17) is 0 Å². The second kappa shape index (κ2) is 51.3. The van der Waals surface area contributed by atoms with E-state index in [1.54, 1.807) is 13.8 Å². The minimum absolute atomic E-state index is 0. The highest BCUT2D eigenvalue weighted by molar-refractivity contribution is 6.26. The van der Waals surface area contributed by atoms with Crippen LogP contribution in [-0.2, 0) is 48.0 Å². The first-order valence-electron chi connectivity index (χ1n) is 31.6. The van der Waals surface area contributed by atoms with Crippen LogP contribution >= 0.6 is 0 Å². The average Bonchev–Trinajstić information content (AvgIpc) is 0.751. The van der Waals surface area contributed by atoms with E-state index >= 15 is 0 Å². The molecule has 0 atom stereocenters. The normalized spacial score (nSPS) is 9.42. The van der Waals surface area contributed by atoms with Gasteiger partial charge in [0.2, 0.25) is 0 Å². The molecule has 0 aliphatic heterocycles. The van der Waals surface area contributed by atoms with Crippen molar-refractivity contribution in [1.82, 2.24) is 0 Å². The van der Waals surface area contributed by atoms with E-state index < -0.39 is 0 Å². The smallest absolute Gasteiger partial charge is 0.161 e. The van der Waals surface area contributed by atoms with Crippen molar-refractivity contribution in [3.05, 3.63) is 299 Å². The summed E-state index contributed by atoms with van der Waals surface area (Å²) in [5, 5.41) is 8.64. The highest BCUT2D eigenvalue weighted by Crippen LogP contribution is 2.34. The Hall–Kier alpha value is -10.2. The third-order valence-corrected chi connectivity index (χ3v) is 12.0. The molecule has 0 heterocycles. The number of hydrogen-bond acceptors (Lipinski definition) is 8. The maximum Gasteiger partial charge on any atom is 0.161 e. The number of rotatable bonds is 4. The highest BCUT2D eigenvalue weighted by atomic mass is 16.1. The Morgan fingerprint density at radius 3 is 0.552 bits per heavy atom. The molecule has 0 bridgehead atoms. The molecule has 11 aromatic carbocycles. The molecule has 0 saturated heterocycles. The van der Waals surface area contributed by atoms with E-state index in [0.717, 1.165) is 40.8 Å². The van der Waals surface area contributed by atoms with E-state index in [1.807, 2.05) is 48.5 Å². The van der Waals surface area contributed by atoms with E-state index in [-0.39, 0.29) is 61.1 Å². The van der Waals surface area contributed by atoms with Crippen molar-refractivity contribution in [1.29, 1.82) is 0 Å². The maximum absolute atomic E-state index is 12.1. The molecule has 0 spiro atoms. The van der Waals surface area contributed by atoms with Crippen molar-refractivity contribution in [2.45, 2.75) is 151 Å². The average molecular weight is 1290 g/mol. The summed E-state index contributed by atoms with van der Waals surface area (Å²) >= 11 is 0. The minimum atomic E-state index is 0. The summed E-state index contributed by atoms with van der Waals surface area (Å²) in [6.07, 6.45) is 4.49. The van der Waals surface area contributed by atoms with Gasteiger partial charge in [-0.1, -0.05) is 290 Å². The van der Waals surface area contributed by atoms with Crippen LogP contribution < -0.4 is 0 Å². The summed E-state index contributed by atoms with van der Waals surface area (Å²) in [5.74, 6) is 1.04. The fraction of sp³-hybridized carbons (Fsp3) is 0.250. The Bertz CT molecular complexity index is 3510. The van der Waals surface area contributed by atoms with Crippen LogP contribution in [0.1, 0.15) is 186 Å². The lowest BCUT2D eigenvalue weighted by atomic mass is 9.86. The van der Waals surface area contributed by atoms with Gasteiger partial charge in [0.1, 0.15) is 34.7 Å². The number of benzene rings is 11. The van der Waals surface area contributed by atoms with Crippen molar-refractivity contribution in [2.24, 2.45) is 0 Å². The third kappa shape index (κ3) is 38.7. The van der Waals surface area contributed by atoms with Gasteiger partial charge in [-0.15, -0.1) is 0 Å². The molecule has 0 fully saturated rings. The quantitative estimate of drug-likeness (QED) is 0.125. The number of ketones is 8. The Morgan fingerprint density at radius 1 is 0.240 bits per heavy atom. The molecule has 12 rings (SSSR count). The summed E-state index contributed by atoms with van der Waals surface area (Å²) in [6, 6.07) is 87.2. The number of hydrogen-bond donors (Lipinski definition) is 0. The molecule has 8 heteroatoms. The van der Waals surface area contributed by atoms with E-state index in [0.29, 0.717) is 11.1 Å². The number of carbonyl (C=O) groups is 8. The van der Waals surface area contributed by atoms with Gasteiger partial charge in [-0.2, -0.15) is 0 Å². The molecule has 1 aliphatic carbocycles. The first-order valence-corrected chi connectivity index (χ1v) is 31.6. The van der Waals surface area contributed by atoms with Crippen molar-refractivity contribution >= 4 is 89.4 Å². The van der Waals surface area contributed by atoms with E-state index in [1.165, 1.54) is 144 Å². The predicted octanol–water partition coefficient (Wildman–Crippen LogP) is 22.8. The standard InChI is InChI=1S/C18H14O2.C14H12.C13H12.2C10H8.6C3H6O.C3H8.2CH4/c1-11(19)17-13-7-3-5-9-15(13)18(12(2)20)16-10-6-4-8-14(16)17;1-2-6-12-10-14-8-4-3-7-13(14)9-11(12)5-1;1-3-7-12(8-4-1)11-13-9-5-2-6-10-13;2*1-2-6-10-8-4-3-7-9(10)5-1;6*1-3(2)4;1-3-2;;/h3-10H,1-2H3;1-8H,9-10H2;1-10H,11H2;2*1-8H;6*1-2H3;3H2,1-2H3;2*1H4. The molecule has 1 aliphatic rings. The van der Waals surface area contributed by atoms with Gasteiger partial charge in [-0.25, -0.2) is 0 Å². The van der Waals surface area contributed by atoms with E-state index in [9.17, 15) is 38.4 Å². The van der Waals surface area contributed by atoms with Gasteiger partial charge in [0.15, 0.2) is 11.6 Å². The zero-order chi connectivity index (χ0) is 70.4. The summed E-state index contributed by atoms with van der Waals surface area (Å²) in [6.45, 7) is 25.7. The van der Waals surface area contributed by atoms with Gasteiger partial charge in [0, 0.05) is 11.1 Å². The molecule has 506 valence electrons. The molecule has 0 N–H and O–H groups in total. The topological polar surface area (TPSA) is 137 Å². The first-order chi connectivity index (χ1) is 44.7. The Morgan fingerprint density at radius 2 is 0.385 bits per heavy atom. The zero-order valence-corrected chi connectivity index (χ0v) is 58.3. The van der Waals surface area contributed by atoms with Gasteiger partial charge in [-0.3, -0.25) is 9.59 Å². The SMILES string of the molecule is C.C.CC(=O)c1c2ccccc2c(C(C)=O)c2ccccc12.CC(C)=O.CC(C)=O.CC(C)=O.CC(C)=O.CC(C)=O.CC(C)=O.CCC.c1ccc(Cc2ccccc2)cc1.c1ccc2c(c1)Cc1ccccc1C2.c1ccc2ccccc2c1.c1ccc2ccccc2c1. The molecule has 96 heavy (non-hydrogen) atoms. The largest absolute Gasteiger partial charge is 0.300 e. The number of fused-ring (bicyclic) bond motifs is 6. The van der Waals surface area contributed by atoms with Crippen molar-refractivity contribution in [3.63, 3.8) is 0 Å². The highest BCUT2D eigenvalue weighted by Gasteiger charge is 2.18. The molecular weight excluding hydrogens is 1180 g/mol. The Labute approximate surface area is 575 Å². The Balaban J connectivity index is 0. The van der Waals surface area contributed by atoms with Crippen LogP contribution in [0.5, 0.6) is 0 Å². The van der Waals surface area contributed by atoms with Gasteiger partial charge in [0.05, 0.1) is 0 Å². The fourth-order valence-corrected chi connectivity index (χ4v) is 8.80. The number of carbonyl (C=O) groups excluding carboxylic acids is 8. The minimum Gasteiger partial charge on any atom is -0.300 e. The summed E-state index contributed by atoms with van der Waals surface area (Å²) in [7, 11) is 0. The second-order valence-electron chi connectivity index (χ2n) is 22.8. The molecule has 0 aromatic heterocycles. The van der Waals surface area contributed by atoms with Crippen molar-refractivity contribution in [2.75, 3.05) is 0 Å². The van der Waals surface area contributed by atoms with Crippen molar-refractivity contribution < 1.29 is 38.4 Å². The third-order valence-electron chi connectivity index (χ3n) is 12.0. The molecular formula is C88H106O8. The van der Waals surface area contributed by atoms with Crippen LogP contribution in [0.25, 0.3) is 43.1 Å². The molecule has 0 radical (unpaired) electrons. The lowest BCUT2D eigenvalue weighted by Crippen LogP contribution is -2.06.